The van der Waals surface area contributed by atoms with Gasteiger partial charge >= 0.3 is 0 Å². The summed E-state index contributed by atoms with van der Waals surface area (Å²) in [7, 11) is -3.52. The Labute approximate surface area is 107 Å². The maximum absolute atomic E-state index is 11.4. The summed E-state index contributed by atoms with van der Waals surface area (Å²) in [6.07, 6.45) is 0.466. The van der Waals surface area contributed by atoms with Gasteiger partial charge in [-0.15, -0.1) is 0 Å². The smallest absolute Gasteiger partial charge is 0.257 e. The van der Waals surface area contributed by atoms with Gasteiger partial charge in [0.1, 0.15) is 6.10 Å². The Kier molecular flexibility index (Phi) is 3.79. The van der Waals surface area contributed by atoms with Crippen LogP contribution in [0.2, 0.25) is 0 Å². The average molecular weight is 262 g/mol. The van der Waals surface area contributed by atoms with Crippen LogP contribution in [0.25, 0.3) is 0 Å². The molecule has 4 heteroatoms. The van der Waals surface area contributed by atoms with E-state index >= 15 is 0 Å². The van der Waals surface area contributed by atoms with Crippen LogP contribution >= 0.6 is 0 Å². The highest BCUT2D eigenvalue weighted by Crippen LogP contribution is 2.27. The molecule has 0 fully saturated rings. The second-order valence-corrected chi connectivity index (χ2v) is 5.60. The Morgan fingerprint density at radius 1 is 0.833 bits per heavy atom. The molecule has 0 aliphatic carbocycles. The molecule has 0 atom stereocenters. The van der Waals surface area contributed by atoms with Gasteiger partial charge in [-0.2, -0.15) is 8.42 Å². The second-order valence-electron chi connectivity index (χ2n) is 4.00. The Morgan fingerprint density at radius 2 is 1.22 bits per heavy atom. The summed E-state index contributed by atoms with van der Waals surface area (Å²) >= 11 is 0. The van der Waals surface area contributed by atoms with Gasteiger partial charge in [-0.25, -0.2) is 0 Å². The first-order chi connectivity index (χ1) is 8.56. The van der Waals surface area contributed by atoms with Crippen molar-refractivity contribution in [2.45, 2.75) is 6.10 Å². The number of hydrogen-bond donors (Lipinski definition) is 0. The summed E-state index contributed by atoms with van der Waals surface area (Å²) in [5.74, 6) is 0. The summed E-state index contributed by atoms with van der Waals surface area (Å²) in [6, 6.07) is 18.6. The van der Waals surface area contributed by atoms with Gasteiger partial charge in [-0.3, -0.25) is 4.18 Å². The molecular weight excluding hydrogens is 248 g/mol. The van der Waals surface area contributed by atoms with Crippen molar-refractivity contribution in [1.82, 2.24) is 0 Å². The molecule has 0 aromatic heterocycles. The normalized spacial score (nSPS) is 11.7. The van der Waals surface area contributed by atoms with Crippen LogP contribution in [-0.2, 0) is 14.3 Å². The van der Waals surface area contributed by atoms with Crippen LogP contribution < -0.4 is 0 Å². The summed E-state index contributed by atoms with van der Waals surface area (Å²) in [5, 5.41) is 0. The molecule has 2 aromatic rings. The molecule has 0 spiro atoms. The van der Waals surface area contributed by atoms with E-state index in [9.17, 15) is 8.42 Å². The van der Waals surface area contributed by atoms with Crippen LogP contribution in [-0.4, -0.2) is 14.7 Å². The van der Waals surface area contributed by atoms with Crippen LogP contribution in [0.5, 0.6) is 0 Å². The molecule has 0 saturated heterocycles. The molecule has 0 saturated carbocycles. The predicted octanol–water partition coefficient (Wildman–Crippen LogP) is 2.75. The average Bonchev–Trinajstić information content (AvgIpc) is 2.37. The number of rotatable bonds is 4. The first-order valence-corrected chi connectivity index (χ1v) is 7.36. The molecule has 0 radical (unpaired) electrons. The van der Waals surface area contributed by atoms with E-state index in [0.717, 1.165) is 17.4 Å². The van der Waals surface area contributed by atoms with Crippen molar-refractivity contribution < 1.29 is 12.6 Å². The molecule has 0 bridgehead atoms. The van der Waals surface area contributed by atoms with E-state index in [1.54, 1.807) is 0 Å². The van der Waals surface area contributed by atoms with E-state index in [1.807, 2.05) is 60.7 Å². The highest BCUT2D eigenvalue weighted by atomic mass is 32.2. The molecule has 0 aliphatic heterocycles. The van der Waals surface area contributed by atoms with Gasteiger partial charge in [0.2, 0.25) is 0 Å². The third-order valence-electron chi connectivity index (χ3n) is 2.48. The van der Waals surface area contributed by atoms with E-state index < -0.39 is 16.2 Å². The molecular formula is C14H14O3S. The zero-order chi connectivity index (χ0) is 13.0. The lowest BCUT2D eigenvalue weighted by atomic mass is 10.0. The molecule has 2 rings (SSSR count). The van der Waals surface area contributed by atoms with Crippen LogP contribution in [0.4, 0.5) is 0 Å². The first-order valence-electron chi connectivity index (χ1n) is 5.54. The minimum Gasteiger partial charge on any atom is -0.257 e. The summed E-state index contributed by atoms with van der Waals surface area (Å²) < 4.78 is 27.9. The Hall–Kier alpha value is -1.65. The van der Waals surface area contributed by atoms with Crippen molar-refractivity contribution in [1.29, 1.82) is 0 Å². The molecule has 18 heavy (non-hydrogen) atoms. The zero-order valence-electron chi connectivity index (χ0n) is 9.98. The molecule has 0 N–H and O–H groups in total. The maximum atomic E-state index is 11.4. The molecule has 3 nitrogen and oxygen atoms in total. The van der Waals surface area contributed by atoms with Gasteiger partial charge in [-0.1, -0.05) is 60.7 Å². The van der Waals surface area contributed by atoms with Crippen molar-refractivity contribution >= 4 is 10.1 Å². The van der Waals surface area contributed by atoms with Gasteiger partial charge in [0, 0.05) is 0 Å². The highest BCUT2D eigenvalue weighted by molar-refractivity contribution is 7.86. The molecule has 0 heterocycles. The van der Waals surface area contributed by atoms with Crippen molar-refractivity contribution in [2.24, 2.45) is 0 Å². The van der Waals surface area contributed by atoms with E-state index in [1.165, 1.54) is 0 Å². The van der Waals surface area contributed by atoms with E-state index in [0.29, 0.717) is 0 Å². The Bertz CT molecular complexity index is 552. The standard InChI is InChI=1S/C14H14O3S/c1-18(15,16)17-14(12-8-4-2-5-9-12)13-10-6-3-7-11-13/h2-11,14H,1H3. The van der Waals surface area contributed by atoms with E-state index in [4.69, 9.17) is 4.18 Å². The van der Waals surface area contributed by atoms with Crippen molar-refractivity contribution in [3.05, 3.63) is 71.8 Å². The fourth-order valence-electron chi connectivity index (χ4n) is 1.73. The summed E-state index contributed by atoms with van der Waals surface area (Å²) in [6.45, 7) is 0. The second kappa shape index (κ2) is 5.33. The van der Waals surface area contributed by atoms with Crippen LogP contribution in [0.3, 0.4) is 0 Å². The lowest BCUT2D eigenvalue weighted by Gasteiger charge is -2.17. The predicted molar refractivity (Wildman–Crippen MR) is 70.7 cm³/mol. The van der Waals surface area contributed by atoms with Gasteiger partial charge in [0.25, 0.3) is 10.1 Å². The Morgan fingerprint density at radius 3 is 1.56 bits per heavy atom. The summed E-state index contributed by atoms with van der Waals surface area (Å²) in [4.78, 5) is 0. The van der Waals surface area contributed by atoms with Gasteiger partial charge in [-0.05, 0) is 11.1 Å². The fourth-order valence-corrected chi connectivity index (χ4v) is 2.31. The fraction of sp³-hybridized carbons (Fsp3) is 0.143. The molecule has 0 aliphatic rings. The topological polar surface area (TPSA) is 43.4 Å². The lowest BCUT2D eigenvalue weighted by Crippen LogP contribution is -2.11. The molecule has 0 unspecified atom stereocenters. The van der Waals surface area contributed by atoms with Crippen molar-refractivity contribution in [2.75, 3.05) is 6.26 Å². The zero-order valence-corrected chi connectivity index (χ0v) is 10.8. The summed E-state index contributed by atoms with van der Waals surface area (Å²) in [5.41, 5.74) is 1.63. The van der Waals surface area contributed by atoms with Crippen LogP contribution in [0, 0.1) is 0 Å². The largest absolute Gasteiger partial charge is 0.265 e. The monoisotopic (exact) mass is 262 g/mol. The molecule has 0 amide bonds. The van der Waals surface area contributed by atoms with Gasteiger partial charge < -0.3 is 0 Å². The minimum atomic E-state index is -3.52. The SMILES string of the molecule is CS(=O)(=O)OC(c1ccccc1)c1ccccc1. The van der Waals surface area contributed by atoms with E-state index in [-0.39, 0.29) is 0 Å². The minimum absolute atomic E-state index is 0.595. The highest BCUT2D eigenvalue weighted by Gasteiger charge is 2.19. The van der Waals surface area contributed by atoms with Gasteiger partial charge in [0.05, 0.1) is 6.26 Å². The van der Waals surface area contributed by atoms with Crippen LogP contribution in [0.1, 0.15) is 17.2 Å². The van der Waals surface area contributed by atoms with Crippen molar-refractivity contribution in [3.8, 4) is 0 Å². The Balaban J connectivity index is 2.42. The third kappa shape index (κ3) is 3.42. The van der Waals surface area contributed by atoms with E-state index in [2.05, 4.69) is 0 Å². The quantitative estimate of drug-likeness (QED) is 0.796. The van der Waals surface area contributed by atoms with Gasteiger partial charge in [0.15, 0.2) is 0 Å². The number of hydrogen-bond acceptors (Lipinski definition) is 3. The lowest BCUT2D eigenvalue weighted by molar-refractivity contribution is 0.256. The number of benzene rings is 2. The first kappa shape index (κ1) is 12.8. The van der Waals surface area contributed by atoms with Crippen molar-refractivity contribution in [3.63, 3.8) is 0 Å². The maximum Gasteiger partial charge on any atom is 0.265 e. The molecule has 2 aromatic carbocycles. The molecule has 94 valence electrons. The third-order valence-corrected chi connectivity index (χ3v) is 3.02. The van der Waals surface area contributed by atoms with Crippen LogP contribution in [0.15, 0.2) is 60.7 Å².